The zero-order valence-corrected chi connectivity index (χ0v) is 25.2. The van der Waals surface area contributed by atoms with Gasteiger partial charge in [0, 0.05) is 11.1 Å². The number of amides is 1. The number of aryl methyl sites for hydroxylation is 1. The lowest BCUT2D eigenvalue weighted by molar-refractivity contribution is -0.117. The Balaban J connectivity index is 1.36. The molecule has 0 aliphatic carbocycles. The minimum Gasteiger partial charge on any atom is -0.503 e. The molecule has 0 bridgehead atoms. The molecule has 3 aromatic carbocycles. The number of aliphatic hydroxyl groups is 1. The third-order valence-electron chi connectivity index (χ3n) is 7.00. The Bertz CT molecular complexity index is 1840. The minimum atomic E-state index is -0.978. The van der Waals surface area contributed by atoms with Crippen LogP contribution >= 0.6 is 23.1 Å². The summed E-state index contributed by atoms with van der Waals surface area (Å²) >= 11 is 2.71. The van der Waals surface area contributed by atoms with Gasteiger partial charge in [0.2, 0.25) is 10.9 Å². The van der Waals surface area contributed by atoms with Gasteiger partial charge in [0.15, 0.2) is 27.2 Å². The van der Waals surface area contributed by atoms with Gasteiger partial charge in [0.25, 0.3) is 5.91 Å². The molecule has 2 aromatic heterocycles. The number of hydrogen-bond acceptors (Lipinski definition) is 10. The summed E-state index contributed by atoms with van der Waals surface area (Å²) in [5.74, 6) is -0.289. The van der Waals surface area contributed by atoms with Crippen LogP contribution in [0.25, 0.3) is 11.0 Å². The number of anilines is 1. The molecule has 0 radical (unpaired) electrons. The van der Waals surface area contributed by atoms with Crippen LogP contribution in [-0.2, 0) is 10.5 Å². The Morgan fingerprint density at radius 1 is 1.09 bits per heavy atom. The second-order valence-electron chi connectivity index (χ2n) is 9.79. The van der Waals surface area contributed by atoms with Crippen molar-refractivity contribution in [3.05, 3.63) is 107 Å². The Hall–Kier alpha value is -4.61. The summed E-state index contributed by atoms with van der Waals surface area (Å²) in [4.78, 5) is 28.9. The van der Waals surface area contributed by atoms with Crippen LogP contribution in [0.1, 0.15) is 40.2 Å². The van der Waals surface area contributed by atoms with Crippen LogP contribution in [0.5, 0.6) is 11.5 Å². The second-order valence-corrected chi connectivity index (χ2v) is 12.0. The first kappa shape index (κ1) is 28.5. The number of ether oxygens (including phenoxy) is 2. The smallest absolute Gasteiger partial charge is 0.296 e. The Morgan fingerprint density at radius 2 is 1.86 bits per heavy atom. The summed E-state index contributed by atoms with van der Waals surface area (Å²) in [6, 6.07) is 21.2. The van der Waals surface area contributed by atoms with E-state index in [1.807, 2.05) is 13.8 Å². The van der Waals surface area contributed by atoms with Crippen molar-refractivity contribution in [3.8, 4) is 11.5 Å². The topological polar surface area (TPSA) is 115 Å². The maximum Gasteiger partial charge on any atom is 0.296 e. The fraction of sp³-hybridized carbons (Fsp3) is 0.188. The molecular formula is C32H27N3O6S2. The number of furan rings is 1. The zero-order valence-electron chi connectivity index (χ0n) is 23.6. The number of hydrogen-bond donors (Lipinski definition) is 1. The maximum absolute atomic E-state index is 14.0. The largest absolute Gasteiger partial charge is 0.503 e. The van der Waals surface area contributed by atoms with Crippen molar-refractivity contribution in [2.75, 3.05) is 18.6 Å². The summed E-state index contributed by atoms with van der Waals surface area (Å²) in [5, 5.41) is 20.7. The van der Waals surface area contributed by atoms with Crippen LogP contribution < -0.4 is 14.4 Å². The number of thioether (sulfide) groups is 1. The lowest BCUT2D eigenvalue weighted by atomic mass is 9.95. The summed E-state index contributed by atoms with van der Waals surface area (Å²) in [7, 11) is 1.51. The Kier molecular flexibility index (Phi) is 7.92. The quantitative estimate of drug-likeness (QED) is 0.100. The lowest BCUT2D eigenvalue weighted by Crippen LogP contribution is -2.31. The molecule has 11 heteroatoms. The maximum atomic E-state index is 14.0. The first-order chi connectivity index (χ1) is 20.9. The highest BCUT2D eigenvalue weighted by molar-refractivity contribution is 8.00. The van der Waals surface area contributed by atoms with E-state index in [9.17, 15) is 14.7 Å². The first-order valence-electron chi connectivity index (χ1n) is 13.5. The van der Waals surface area contributed by atoms with Crippen molar-refractivity contribution >= 4 is 50.9 Å². The highest BCUT2D eigenvalue weighted by Gasteiger charge is 2.47. The molecule has 43 heavy (non-hydrogen) atoms. The predicted octanol–water partition coefficient (Wildman–Crippen LogP) is 7.08. The van der Waals surface area contributed by atoms with Crippen LogP contribution in [0.2, 0.25) is 0 Å². The SMILES string of the molecule is CCOc1ccc(C2C(C(=O)c3cc4cccc(OC)c4o3)=C(O)C(=O)N2c2nnc(SCc3ccc(C)cc3)s2)cc1. The van der Waals surface area contributed by atoms with Crippen LogP contribution in [0.4, 0.5) is 5.13 Å². The van der Waals surface area contributed by atoms with E-state index in [-0.39, 0.29) is 16.5 Å². The number of rotatable bonds is 10. The molecule has 1 aliphatic rings. The number of carbonyl (C=O) groups excluding carboxylic acids is 2. The van der Waals surface area contributed by atoms with Crippen LogP contribution in [0.3, 0.4) is 0 Å². The van der Waals surface area contributed by atoms with Crippen LogP contribution in [-0.4, -0.2) is 40.7 Å². The van der Waals surface area contributed by atoms with E-state index in [4.69, 9.17) is 13.9 Å². The third-order valence-corrected chi connectivity index (χ3v) is 9.12. The third kappa shape index (κ3) is 5.49. The first-order valence-corrected chi connectivity index (χ1v) is 15.3. The molecule has 1 atom stereocenters. The van der Waals surface area contributed by atoms with E-state index in [1.165, 1.54) is 40.7 Å². The van der Waals surface area contributed by atoms with Crippen molar-refractivity contribution in [2.24, 2.45) is 0 Å². The van der Waals surface area contributed by atoms with Crippen molar-refractivity contribution in [2.45, 2.75) is 30.0 Å². The number of benzene rings is 3. The molecule has 1 aliphatic heterocycles. The molecule has 0 spiro atoms. The number of fused-ring (bicyclic) bond motifs is 1. The van der Waals surface area contributed by atoms with E-state index in [0.29, 0.717) is 44.7 Å². The van der Waals surface area contributed by atoms with Gasteiger partial charge >= 0.3 is 0 Å². The number of Topliss-reactive ketones (excluding diaryl/α,β-unsaturated/α-hetero) is 1. The van der Waals surface area contributed by atoms with Gasteiger partial charge in [-0.05, 0) is 49.2 Å². The molecule has 3 heterocycles. The molecule has 6 rings (SSSR count). The fourth-order valence-electron chi connectivity index (χ4n) is 4.89. The second kappa shape index (κ2) is 11.9. The van der Waals surface area contributed by atoms with E-state index in [2.05, 4.69) is 34.5 Å². The van der Waals surface area contributed by atoms with E-state index >= 15 is 0 Å². The van der Waals surface area contributed by atoms with Gasteiger partial charge in [-0.1, -0.05) is 77.2 Å². The Morgan fingerprint density at radius 3 is 2.58 bits per heavy atom. The fourth-order valence-corrected chi connectivity index (χ4v) is 6.72. The highest BCUT2D eigenvalue weighted by atomic mass is 32.2. The molecular weight excluding hydrogens is 587 g/mol. The van der Waals surface area contributed by atoms with Crippen molar-refractivity contribution < 1.29 is 28.6 Å². The average molecular weight is 614 g/mol. The number of ketones is 1. The molecule has 0 saturated carbocycles. The molecule has 1 N–H and O–H groups in total. The van der Waals surface area contributed by atoms with Gasteiger partial charge in [-0.2, -0.15) is 0 Å². The normalized spacial score (nSPS) is 15.0. The average Bonchev–Trinajstić information content (AvgIpc) is 3.73. The predicted molar refractivity (Wildman–Crippen MR) is 165 cm³/mol. The summed E-state index contributed by atoms with van der Waals surface area (Å²) in [6.07, 6.45) is 0. The van der Waals surface area contributed by atoms with E-state index in [0.717, 1.165) is 5.56 Å². The highest BCUT2D eigenvalue weighted by Crippen LogP contribution is 2.44. The Labute approximate surface area is 255 Å². The minimum absolute atomic E-state index is 0.0294. The van der Waals surface area contributed by atoms with Crippen LogP contribution in [0, 0.1) is 6.92 Å². The molecule has 5 aromatic rings. The standard InChI is InChI=1S/C32H27N3O6S2/c1-4-40-22-14-12-20(13-15-22)26-25(27(36)24-16-21-6-5-7-23(39-3)29(21)41-24)28(37)30(38)35(26)31-33-34-32(43-31)42-17-19-10-8-18(2)9-11-19/h5-16,26,37H,4,17H2,1-3H3. The number of carbonyl (C=O) groups is 2. The molecule has 0 saturated heterocycles. The number of aromatic nitrogens is 2. The monoisotopic (exact) mass is 613 g/mol. The molecule has 1 unspecified atom stereocenters. The van der Waals surface area contributed by atoms with Gasteiger partial charge in [-0.15, -0.1) is 10.2 Å². The van der Waals surface area contributed by atoms with Crippen molar-refractivity contribution in [3.63, 3.8) is 0 Å². The molecule has 9 nitrogen and oxygen atoms in total. The van der Waals surface area contributed by atoms with Gasteiger partial charge in [-0.25, -0.2) is 0 Å². The number of para-hydroxylation sites is 1. The van der Waals surface area contributed by atoms with E-state index < -0.39 is 23.5 Å². The molecule has 1 amide bonds. The molecule has 218 valence electrons. The molecule has 0 fully saturated rings. The summed E-state index contributed by atoms with van der Waals surface area (Å²) in [5.41, 5.74) is 3.18. The number of aliphatic hydroxyl groups excluding tert-OH is 1. The van der Waals surface area contributed by atoms with Gasteiger partial charge < -0.3 is 19.0 Å². The van der Waals surface area contributed by atoms with Gasteiger partial charge in [0.05, 0.1) is 25.3 Å². The summed E-state index contributed by atoms with van der Waals surface area (Å²) in [6.45, 7) is 4.41. The zero-order chi connectivity index (χ0) is 30.1. The van der Waals surface area contributed by atoms with Crippen molar-refractivity contribution in [1.29, 1.82) is 0 Å². The van der Waals surface area contributed by atoms with Crippen molar-refractivity contribution in [1.82, 2.24) is 10.2 Å². The number of nitrogens with zero attached hydrogens (tertiary/aromatic N) is 3. The van der Waals surface area contributed by atoms with Gasteiger partial charge in [0.1, 0.15) is 5.75 Å². The van der Waals surface area contributed by atoms with Gasteiger partial charge in [-0.3, -0.25) is 14.5 Å². The summed E-state index contributed by atoms with van der Waals surface area (Å²) < 4.78 is 17.5. The van der Waals surface area contributed by atoms with E-state index in [1.54, 1.807) is 48.5 Å². The lowest BCUT2D eigenvalue weighted by Gasteiger charge is -2.24. The number of methoxy groups -OCH3 is 1. The van der Waals surface area contributed by atoms with Crippen LogP contribution in [0.15, 0.2) is 92.9 Å².